The molecule has 0 saturated heterocycles. The van der Waals surface area contributed by atoms with E-state index in [0.717, 1.165) is 18.7 Å². The van der Waals surface area contributed by atoms with Crippen LogP contribution in [0, 0.1) is 5.92 Å². The lowest BCUT2D eigenvalue weighted by Crippen LogP contribution is -2.06. The van der Waals surface area contributed by atoms with E-state index in [-0.39, 0.29) is 0 Å². The fourth-order valence-electron chi connectivity index (χ4n) is 1.79. The van der Waals surface area contributed by atoms with E-state index in [9.17, 15) is 0 Å². The number of anilines is 1. The van der Waals surface area contributed by atoms with Gasteiger partial charge < -0.3 is 5.73 Å². The number of nitrogens with two attached hydrogens (primary N) is 1. The summed E-state index contributed by atoms with van der Waals surface area (Å²) in [6.07, 6.45) is 2.15. The molecule has 3 nitrogen and oxygen atoms in total. The lowest BCUT2D eigenvalue weighted by molar-refractivity contribution is 0.513. The van der Waals surface area contributed by atoms with Crippen LogP contribution in [0.4, 0.5) is 5.82 Å². The van der Waals surface area contributed by atoms with Gasteiger partial charge in [0.25, 0.3) is 0 Å². The summed E-state index contributed by atoms with van der Waals surface area (Å²) in [7, 11) is 1.92. The van der Waals surface area contributed by atoms with Gasteiger partial charge in [-0.25, -0.2) is 0 Å². The molecule has 1 unspecified atom stereocenters. The summed E-state index contributed by atoms with van der Waals surface area (Å²) >= 11 is 0. The molecule has 0 aromatic carbocycles. The fourth-order valence-corrected chi connectivity index (χ4v) is 1.79. The van der Waals surface area contributed by atoms with Gasteiger partial charge in [-0.1, -0.05) is 34.1 Å². The zero-order chi connectivity index (χ0) is 11.6. The zero-order valence-corrected chi connectivity index (χ0v) is 10.5. The summed E-state index contributed by atoms with van der Waals surface area (Å²) in [5.41, 5.74) is 8.47. The third-order valence-corrected chi connectivity index (χ3v) is 3.16. The maximum Gasteiger partial charge on any atom is 0.124 e. The van der Waals surface area contributed by atoms with E-state index in [1.165, 1.54) is 11.3 Å². The van der Waals surface area contributed by atoms with Crippen LogP contribution in [0.1, 0.15) is 51.3 Å². The Morgan fingerprint density at radius 1 is 1.33 bits per heavy atom. The standard InChI is InChI=1S/C12H23N3/c1-6-7-10-11(9(4)8(2)3)14-15(5)12(10)13/h8-9H,6-7,13H2,1-5H3. The minimum Gasteiger partial charge on any atom is -0.384 e. The molecule has 1 rings (SSSR count). The average Bonchev–Trinajstić information content (AvgIpc) is 2.45. The third-order valence-electron chi connectivity index (χ3n) is 3.16. The van der Waals surface area contributed by atoms with Crippen molar-refractivity contribution in [1.29, 1.82) is 0 Å². The molecular weight excluding hydrogens is 186 g/mol. The van der Waals surface area contributed by atoms with E-state index in [1.807, 2.05) is 7.05 Å². The Labute approximate surface area is 92.7 Å². The Bertz CT molecular complexity index is 326. The Hall–Kier alpha value is -0.990. The number of nitrogen functional groups attached to an aromatic ring is 1. The highest BCUT2D eigenvalue weighted by molar-refractivity contribution is 5.44. The first kappa shape index (κ1) is 12.1. The molecule has 0 saturated carbocycles. The molecule has 0 bridgehead atoms. The largest absolute Gasteiger partial charge is 0.384 e. The highest BCUT2D eigenvalue weighted by Crippen LogP contribution is 2.29. The highest BCUT2D eigenvalue weighted by Gasteiger charge is 2.20. The second kappa shape index (κ2) is 4.69. The third kappa shape index (κ3) is 2.33. The maximum absolute atomic E-state index is 6.03. The molecule has 1 aromatic heterocycles. The van der Waals surface area contributed by atoms with Crippen LogP contribution in [0.25, 0.3) is 0 Å². The molecule has 0 radical (unpaired) electrons. The van der Waals surface area contributed by atoms with Gasteiger partial charge in [-0.15, -0.1) is 0 Å². The first-order valence-corrected chi connectivity index (χ1v) is 5.80. The molecule has 0 fully saturated rings. The summed E-state index contributed by atoms with van der Waals surface area (Å²) in [4.78, 5) is 0. The number of hydrogen-bond acceptors (Lipinski definition) is 2. The van der Waals surface area contributed by atoms with Gasteiger partial charge in [-0.3, -0.25) is 4.68 Å². The SMILES string of the molecule is CCCc1c(C(C)C(C)C)nn(C)c1N. The summed E-state index contributed by atoms with van der Waals surface area (Å²) in [6, 6.07) is 0. The van der Waals surface area contributed by atoms with Crippen LogP contribution in [0.2, 0.25) is 0 Å². The van der Waals surface area contributed by atoms with Crippen molar-refractivity contribution >= 4 is 5.82 Å². The molecule has 15 heavy (non-hydrogen) atoms. The normalized spacial score (nSPS) is 13.5. The van der Waals surface area contributed by atoms with Gasteiger partial charge in [-0.2, -0.15) is 5.10 Å². The van der Waals surface area contributed by atoms with Gasteiger partial charge in [-0.05, 0) is 12.3 Å². The number of hydrogen-bond donors (Lipinski definition) is 1. The molecular formula is C12H23N3. The van der Waals surface area contributed by atoms with E-state index in [4.69, 9.17) is 5.73 Å². The van der Waals surface area contributed by atoms with Gasteiger partial charge in [0.15, 0.2) is 0 Å². The van der Waals surface area contributed by atoms with Crippen molar-refractivity contribution in [2.75, 3.05) is 5.73 Å². The van der Waals surface area contributed by atoms with Crippen molar-refractivity contribution < 1.29 is 0 Å². The lowest BCUT2D eigenvalue weighted by Gasteiger charge is -2.14. The van der Waals surface area contributed by atoms with Crippen LogP contribution in [0.5, 0.6) is 0 Å². The van der Waals surface area contributed by atoms with E-state index in [0.29, 0.717) is 11.8 Å². The lowest BCUT2D eigenvalue weighted by atomic mass is 9.91. The fraction of sp³-hybridized carbons (Fsp3) is 0.750. The van der Waals surface area contributed by atoms with E-state index >= 15 is 0 Å². The molecule has 86 valence electrons. The Kier molecular flexibility index (Phi) is 3.77. The van der Waals surface area contributed by atoms with Crippen molar-refractivity contribution in [2.45, 2.75) is 46.5 Å². The number of nitrogens with zero attached hydrogens (tertiary/aromatic N) is 2. The molecule has 0 amide bonds. The van der Waals surface area contributed by atoms with Gasteiger partial charge in [0.2, 0.25) is 0 Å². The van der Waals surface area contributed by atoms with Crippen molar-refractivity contribution in [1.82, 2.24) is 9.78 Å². The Morgan fingerprint density at radius 2 is 1.93 bits per heavy atom. The van der Waals surface area contributed by atoms with Crippen LogP contribution in [0.15, 0.2) is 0 Å². The van der Waals surface area contributed by atoms with Crippen molar-refractivity contribution in [3.8, 4) is 0 Å². The van der Waals surface area contributed by atoms with E-state index < -0.39 is 0 Å². The first-order chi connectivity index (χ1) is 6.99. The monoisotopic (exact) mass is 209 g/mol. The second-order valence-electron chi connectivity index (χ2n) is 4.66. The summed E-state index contributed by atoms with van der Waals surface area (Å²) < 4.78 is 1.80. The molecule has 0 aliphatic carbocycles. The molecule has 1 atom stereocenters. The van der Waals surface area contributed by atoms with Crippen LogP contribution in [-0.4, -0.2) is 9.78 Å². The molecule has 3 heteroatoms. The van der Waals surface area contributed by atoms with Crippen molar-refractivity contribution in [3.63, 3.8) is 0 Å². The second-order valence-corrected chi connectivity index (χ2v) is 4.66. The minimum absolute atomic E-state index is 0.482. The summed E-state index contributed by atoms with van der Waals surface area (Å²) in [6.45, 7) is 8.86. The molecule has 0 spiro atoms. The Morgan fingerprint density at radius 3 is 2.40 bits per heavy atom. The van der Waals surface area contributed by atoms with Crippen LogP contribution < -0.4 is 5.73 Å². The minimum atomic E-state index is 0.482. The van der Waals surface area contributed by atoms with Crippen LogP contribution >= 0.6 is 0 Å². The maximum atomic E-state index is 6.03. The molecule has 1 heterocycles. The molecule has 1 aromatic rings. The van der Waals surface area contributed by atoms with Gasteiger partial charge in [0, 0.05) is 18.5 Å². The summed E-state index contributed by atoms with van der Waals surface area (Å²) in [5.74, 6) is 1.92. The first-order valence-electron chi connectivity index (χ1n) is 5.80. The molecule has 0 aliphatic heterocycles. The van der Waals surface area contributed by atoms with Crippen LogP contribution in [-0.2, 0) is 13.5 Å². The predicted molar refractivity (Wildman–Crippen MR) is 64.9 cm³/mol. The summed E-state index contributed by atoms with van der Waals surface area (Å²) in [5, 5.41) is 4.54. The van der Waals surface area contributed by atoms with E-state index in [2.05, 4.69) is 32.8 Å². The highest BCUT2D eigenvalue weighted by atomic mass is 15.3. The molecule has 2 N–H and O–H groups in total. The van der Waals surface area contributed by atoms with Crippen LogP contribution in [0.3, 0.4) is 0 Å². The van der Waals surface area contributed by atoms with Gasteiger partial charge >= 0.3 is 0 Å². The smallest absolute Gasteiger partial charge is 0.124 e. The topological polar surface area (TPSA) is 43.8 Å². The van der Waals surface area contributed by atoms with Crippen molar-refractivity contribution in [3.05, 3.63) is 11.3 Å². The predicted octanol–water partition coefficient (Wildman–Crippen LogP) is 2.71. The number of aromatic nitrogens is 2. The average molecular weight is 209 g/mol. The van der Waals surface area contributed by atoms with Gasteiger partial charge in [0.1, 0.15) is 5.82 Å². The quantitative estimate of drug-likeness (QED) is 0.828. The van der Waals surface area contributed by atoms with Gasteiger partial charge in [0.05, 0.1) is 5.69 Å². The Balaban J connectivity index is 3.10. The van der Waals surface area contributed by atoms with Crippen molar-refractivity contribution in [2.24, 2.45) is 13.0 Å². The zero-order valence-electron chi connectivity index (χ0n) is 10.5. The van der Waals surface area contributed by atoms with E-state index in [1.54, 1.807) is 4.68 Å². The molecule has 0 aliphatic rings. The number of rotatable bonds is 4. The number of aryl methyl sites for hydroxylation is 1.